The number of rotatable bonds is 5. The Morgan fingerprint density at radius 3 is 2.38 bits per heavy atom. The van der Waals surface area contributed by atoms with Gasteiger partial charge in [0.25, 0.3) is 0 Å². The zero-order valence-corrected chi connectivity index (χ0v) is 13.4. The number of hydrogen-bond acceptors (Lipinski definition) is 3. The highest BCUT2D eigenvalue weighted by Gasteiger charge is 2.51. The molecular formula is C16H27NO4. The van der Waals surface area contributed by atoms with Crippen molar-refractivity contribution in [2.45, 2.75) is 59.1 Å². The van der Waals surface area contributed by atoms with Crippen LogP contribution in [0.5, 0.6) is 0 Å². The topological polar surface area (TPSA) is 75.6 Å². The Labute approximate surface area is 126 Å². The molecule has 0 spiro atoms. The number of ether oxygens (including phenoxy) is 1. The third-order valence-corrected chi connectivity index (χ3v) is 5.31. The fraction of sp³-hybridized carbons (Fsp3) is 0.875. The number of carbonyl (C=O) groups excluding carboxylic acids is 1. The molecule has 3 unspecified atom stereocenters. The average molecular weight is 297 g/mol. The molecule has 5 atom stereocenters. The summed E-state index contributed by atoms with van der Waals surface area (Å²) < 4.78 is 5.66. The molecule has 0 aliphatic heterocycles. The number of hydrogen-bond donors (Lipinski definition) is 2. The molecule has 2 aliphatic rings. The minimum Gasteiger partial charge on any atom is -0.481 e. The predicted molar refractivity (Wildman–Crippen MR) is 78.8 cm³/mol. The smallest absolute Gasteiger partial charge is 0.307 e. The van der Waals surface area contributed by atoms with E-state index in [9.17, 15) is 14.7 Å². The van der Waals surface area contributed by atoms with Crippen LogP contribution in [0.2, 0.25) is 0 Å². The first-order valence-electron chi connectivity index (χ1n) is 7.92. The Hall–Kier alpha value is -1.10. The Morgan fingerprint density at radius 1 is 1.24 bits per heavy atom. The van der Waals surface area contributed by atoms with E-state index in [4.69, 9.17) is 4.74 Å². The van der Waals surface area contributed by atoms with Crippen molar-refractivity contribution in [3.63, 3.8) is 0 Å². The van der Waals surface area contributed by atoms with Crippen LogP contribution in [0.25, 0.3) is 0 Å². The average Bonchev–Trinajstić information content (AvgIpc) is 2.80. The Kier molecular flexibility index (Phi) is 4.61. The molecule has 2 saturated carbocycles. The molecule has 0 heterocycles. The van der Waals surface area contributed by atoms with Gasteiger partial charge in [-0.1, -0.05) is 20.8 Å². The molecule has 5 heteroatoms. The molecule has 0 bridgehead atoms. The number of carboxylic acid groups (broad SMARTS) is 1. The van der Waals surface area contributed by atoms with Crippen LogP contribution in [0.4, 0.5) is 0 Å². The second-order valence-corrected chi connectivity index (χ2v) is 7.19. The Balaban J connectivity index is 1.95. The van der Waals surface area contributed by atoms with Gasteiger partial charge in [-0.2, -0.15) is 0 Å². The van der Waals surface area contributed by atoms with Crippen molar-refractivity contribution >= 4 is 11.9 Å². The van der Waals surface area contributed by atoms with Crippen molar-refractivity contribution in [2.24, 2.45) is 23.2 Å². The van der Waals surface area contributed by atoms with Crippen molar-refractivity contribution in [2.75, 3.05) is 6.61 Å². The van der Waals surface area contributed by atoms with Gasteiger partial charge in [0.2, 0.25) is 5.91 Å². The fourth-order valence-electron chi connectivity index (χ4n) is 3.75. The highest BCUT2D eigenvalue weighted by Crippen LogP contribution is 2.43. The molecule has 0 aromatic heterocycles. The number of nitrogens with one attached hydrogen (secondary N) is 1. The summed E-state index contributed by atoms with van der Waals surface area (Å²) in [5.74, 6) is -1.57. The van der Waals surface area contributed by atoms with Gasteiger partial charge in [0.1, 0.15) is 0 Å². The van der Waals surface area contributed by atoms with Gasteiger partial charge in [-0.05, 0) is 32.1 Å². The van der Waals surface area contributed by atoms with Crippen molar-refractivity contribution in [1.29, 1.82) is 0 Å². The van der Waals surface area contributed by atoms with E-state index in [0.29, 0.717) is 25.4 Å². The molecule has 0 radical (unpaired) electrons. The van der Waals surface area contributed by atoms with Crippen LogP contribution >= 0.6 is 0 Å². The van der Waals surface area contributed by atoms with E-state index in [1.807, 2.05) is 13.8 Å². The summed E-state index contributed by atoms with van der Waals surface area (Å²) in [4.78, 5) is 23.7. The van der Waals surface area contributed by atoms with Crippen LogP contribution in [-0.4, -0.2) is 35.7 Å². The van der Waals surface area contributed by atoms with E-state index in [2.05, 4.69) is 19.2 Å². The summed E-state index contributed by atoms with van der Waals surface area (Å²) in [6.07, 6.45) is 2.26. The maximum absolute atomic E-state index is 12.4. The standard InChI is InChI=1S/C16H27NO4/c1-5-21-13-8-12(16(13,3)4)17-14(18)10-6-9(2)7-11(10)15(19)20/h9-13H,5-8H2,1-4H3,(H,17,18)(H,19,20)/t9?,10-,11+,12?,13?/m0/s1. The Morgan fingerprint density at radius 2 is 1.86 bits per heavy atom. The van der Waals surface area contributed by atoms with E-state index >= 15 is 0 Å². The summed E-state index contributed by atoms with van der Waals surface area (Å²) in [5.41, 5.74) is -0.0887. The zero-order chi connectivity index (χ0) is 15.8. The van der Waals surface area contributed by atoms with E-state index in [1.54, 1.807) is 0 Å². The summed E-state index contributed by atoms with van der Waals surface area (Å²) >= 11 is 0. The first-order chi connectivity index (χ1) is 9.77. The van der Waals surface area contributed by atoms with Gasteiger partial charge in [-0.3, -0.25) is 9.59 Å². The highest BCUT2D eigenvalue weighted by atomic mass is 16.5. The van der Waals surface area contributed by atoms with Crippen LogP contribution in [-0.2, 0) is 14.3 Å². The second-order valence-electron chi connectivity index (χ2n) is 7.19. The lowest BCUT2D eigenvalue weighted by atomic mass is 9.64. The van der Waals surface area contributed by atoms with Crippen molar-refractivity contribution < 1.29 is 19.4 Å². The van der Waals surface area contributed by atoms with E-state index < -0.39 is 11.9 Å². The molecule has 21 heavy (non-hydrogen) atoms. The van der Waals surface area contributed by atoms with E-state index in [-0.39, 0.29) is 29.4 Å². The molecule has 0 saturated heterocycles. The number of carboxylic acids is 1. The predicted octanol–water partition coefficient (Wildman–Crippen LogP) is 2.05. The van der Waals surface area contributed by atoms with Crippen LogP contribution < -0.4 is 5.32 Å². The van der Waals surface area contributed by atoms with Crippen molar-refractivity contribution in [1.82, 2.24) is 5.32 Å². The van der Waals surface area contributed by atoms with Crippen LogP contribution in [0.3, 0.4) is 0 Å². The lowest BCUT2D eigenvalue weighted by Gasteiger charge is -2.51. The van der Waals surface area contributed by atoms with Gasteiger partial charge >= 0.3 is 5.97 Å². The minimum absolute atomic E-state index is 0.0758. The lowest BCUT2D eigenvalue weighted by molar-refractivity contribution is -0.149. The third kappa shape index (κ3) is 3.07. The van der Waals surface area contributed by atoms with Crippen LogP contribution in [0, 0.1) is 23.2 Å². The molecule has 0 aromatic rings. The molecule has 2 fully saturated rings. The number of carbonyl (C=O) groups is 2. The van der Waals surface area contributed by atoms with Crippen molar-refractivity contribution in [3.8, 4) is 0 Å². The summed E-state index contributed by atoms with van der Waals surface area (Å²) in [6, 6.07) is 0.0758. The monoisotopic (exact) mass is 297 g/mol. The maximum Gasteiger partial charge on any atom is 0.307 e. The summed E-state index contributed by atoms with van der Waals surface area (Å²) in [5, 5.41) is 12.3. The van der Waals surface area contributed by atoms with Crippen LogP contribution in [0.1, 0.15) is 47.0 Å². The third-order valence-electron chi connectivity index (χ3n) is 5.31. The first-order valence-corrected chi connectivity index (χ1v) is 7.92. The molecular weight excluding hydrogens is 270 g/mol. The molecule has 5 nitrogen and oxygen atoms in total. The van der Waals surface area contributed by atoms with Gasteiger partial charge < -0.3 is 15.2 Å². The largest absolute Gasteiger partial charge is 0.481 e. The molecule has 0 aromatic carbocycles. The zero-order valence-electron chi connectivity index (χ0n) is 13.4. The summed E-state index contributed by atoms with van der Waals surface area (Å²) in [6.45, 7) is 8.85. The van der Waals surface area contributed by atoms with Gasteiger partial charge in [0.15, 0.2) is 0 Å². The minimum atomic E-state index is -0.848. The normalized spacial score (nSPS) is 37.8. The molecule has 1 amide bonds. The van der Waals surface area contributed by atoms with Gasteiger partial charge in [-0.15, -0.1) is 0 Å². The SMILES string of the molecule is CCOC1CC(NC(=O)[C@H]2CC(C)C[C@H]2C(=O)O)C1(C)C. The molecule has 2 rings (SSSR count). The van der Waals surface area contributed by atoms with Gasteiger partial charge in [0.05, 0.1) is 17.9 Å². The van der Waals surface area contributed by atoms with E-state index in [0.717, 1.165) is 6.42 Å². The summed E-state index contributed by atoms with van der Waals surface area (Å²) in [7, 11) is 0. The molecule has 2 N–H and O–H groups in total. The number of amides is 1. The fourth-order valence-corrected chi connectivity index (χ4v) is 3.75. The maximum atomic E-state index is 12.4. The molecule has 2 aliphatic carbocycles. The van der Waals surface area contributed by atoms with Gasteiger partial charge in [0, 0.05) is 18.1 Å². The number of aliphatic carboxylic acids is 1. The van der Waals surface area contributed by atoms with Gasteiger partial charge in [-0.25, -0.2) is 0 Å². The molecule has 120 valence electrons. The second kappa shape index (κ2) is 5.95. The Bertz CT molecular complexity index is 421. The quantitative estimate of drug-likeness (QED) is 0.814. The van der Waals surface area contributed by atoms with Crippen molar-refractivity contribution in [3.05, 3.63) is 0 Å². The first kappa shape index (κ1) is 16.3. The highest BCUT2D eigenvalue weighted by molar-refractivity contribution is 5.85. The van der Waals surface area contributed by atoms with Crippen LogP contribution in [0.15, 0.2) is 0 Å². The lowest BCUT2D eigenvalue weighted by Crippen LogP contribution is -2.62. The van der Waals surface area contributed by atoms with E-state index in [1.165, 1.54) is 0 Å².